The third-order valence-electron chi connectivity index (χ3n) is 4.59. The topological polar surface area (TPSA) is 107 Å². The molecule has 0 spiro atoms. The number of esters is 1. The summed E-state index contributed by atoms with van der Waals surface area (Å²) < 4.78 is 16.4. The van der Waals surface area contributed by atoms with Gasteiger partial charge in [0.15, 0.2) is 23.3 Å². The van der Waals surface area contributed by atoms with Gasteiger partial charge >= 0.3 is 5.97 Å². The number of carbonyl (C=O) groups is 2. The first-order valence-corrected chi connectivity index (χ1v) is 9.95. The van der Waals surface area contributed by atoms with Gasteiger partial charge in [-0.25, -0.2) is 9.78 Å². The number of carbonyl (C=O) groups excluding carboxylic acids is 2. The maximum Gasteiger partial charge on any atom is 0.328 e. The lowest BCUT2D eigenvalue weighted by Gasteiger charge is -2.21. The van der Waals surface area contributed by atoms with Gasteiger partial charge in [-0.3, -0.25) is 4.79 Å². The molecule has 0 fully saturated rings. The van der Waals surface area contributed by atoms with Crippen molar-refractivity contribution in [1.82, 2.24) is 10.3 Å². The number of aromatic nitrogens is 1. The minimum absolute atomic E-state index is 0.0549. The smallest absolute Gasteiger partial charge is 0.328 e. The van der Waals surface area contributed by atoms with Gasteiger partial charge in [-0.05, 0) is 24.6 Å². The SMILES string of the molecule is COc1ccnc(C(=O)NC(C)C(=O)OCC(Oc2ccccc2)c2ccccc2)c1O. The predicted octanol–water partition coefficient (Wildman–Crippen LogP) is 3.28. The molecule has 32 heavy (non-hydrogen) atoms. The minimum atomic E-state index is -0.983. The molecule has 2 atom stereocenters. The average molecular weight is 436 g/mol. The van der Waals surface area contributed by atoms with Crippen LogP contribution in [0.25, 0.3) is 0 Å². The number of pyridine rings is 1. The fourth-order valence-electron chi connectivity index (χ4n) is 2.90. The Morgan fingerprint density at radius 3 is 2.34 bits per heavy atom. The first kappa shape index (κ1) is 22.6. The van der Waals surface area contributed by atoms with E-state index in [0.717, 1.165) is 5.56 Å². The fraction of sp³-hybridized carbons (Fsp3) is 0.208. The van der Waals surface area contributed by atoms with Crippen LogP contribution in [0, 0.1) is 0 Å². The Morgan fingerprint density at radius 1 is 1.03 bits per heavy atom. The molecule has 1 aromatic heterocycles. The van der Waals surface area contributed by atoms with Crippen molar-refractivity contribution in [3.05, 3.63) is 84.2 Å². The molecule has 2 N–H and O–H groups in total. The van der Waals surface area contributed by atoms with Crippen LogP contribution < -0.4 is 14.8 Å². The van der Waals surface area contributed by atoms with Crippen molar-refractivity contribution in [2.75, 3.05) is 13.7 Å². The second-order valence-electron chi connectivity index (χ2n) is 6.87. The summed E-state index contributed by atoms with van der Waals surface area (Å²) in [5, 5.41) is 12.5. The summed E-state index contributed by atoms with van der Waals surface area (Å²) in [6.07, 6.45) is 0.788. The van der Waals surface area contributed by atoms with Crippen molar-refractivity contribution >= 4 is 11.9 Å². The Balaban J connectivity index is 1.63. The molecule has 0 aliphatic rings. The van der Waals surface area contributed by atoms with Crippen molar-refractivity contribution in [3.63, 3.8) is 0 Å². The number of nitrogens with one attached hydrogen (secondary N) is 1. The zero-order valence-electron chi connectivity index (χ0n) is 17.7. The van der Waals surface area contributed by atoms with Crippen molar-refractivity contribution in [2.24, 2.45) is 0 Å². The molecule has 0 saturated heterocycles. The average Bonchev–Trinajstić information content (AvgIpc) is 2.82. The Kier molecular flexibility index (Phi) is 7.64. The van der Waals surface area contributed by atoms with Gasteiger partial charge in [-0.2, -0.15) is 0 Å². The number of nitrogens with zero attached hydrogens (tertiary/aromatic N) is 1. The summed E-state index contributed by atoms with van der Waals surface area (Å²) in [5.41, 5.74) is 0.588. The van der Waals surface area contributed by atoms with Gasteiger partial charge in [0.25, 0.3) is 5.91 Å². The number of para-hydroxylation sites is 1. The van der Waals surface area contributed by atoms with E-state index in [-0.39, 0.29) is 18.1 Å². The molecule has 2 unspecified atom stereocenters. The maximum absolute atomic E-state index is 12.5. The number of rotatable bonds is 9. The zero-order valence-corrected chi connectivity index (χ0v) is 17.7. The molecule has 0 radical (unpaired) electrons. The first-order chi connectivity index (χ1) is 15.5. The third-order valence-corrected chi connectivity index (χ3v) is 4.59. The van der Waals surface area contributed by atoms with E-state index in [2.05, 4.69) is 10.3 Å². The standard InChI is InChI=1S/C24H24N2O6/c1-16(26-23(28)21-22(27)19(30-2)13-14-25-21)24(29)31-15-20(17-9-5-3-6-10-17)32-18-11-7-4-8-12-18/h3-14,16,20,27H,15H2,1-2H3,(H,26,28). The van der Waals surface area contributed by atoms with E-state index < -0.39 is 29.8 Å². The number of aromatic hydroxyl groups is 1. The molecule has 0 bridgehead atoms. The molecular formula is C24H24N2O6. The van der Waals surface area contributed by atoms with Crippen LogP contribution in [0.15, 0.2) is 72.9 Å². The lowest BCUT2D eigenvalue weighted by molar-refractivity contribution is -0.148. The van der Waals surface area contributed by atoms with Crippen LogP contribution in [0.4, 0.5) is 0 Å². The maximum atomic E-state index is 12.5. The first-order valence-electron chi connectivity index (χ1n) is 9.95. The number of hydrogen-bond donors (Lipinski definition) is 2. The summed E-state index contributed by atoms with van der Waals surface area (Å²) >= 11 is 0. The number of methoxy groups -OCH3 is 1. The van der Waals surface area contributed by atoms with Gasteiger partial charge in [-0.15, -0.1) is 0 Å². The van der Waals surface area contributed by atoms with Crippen molar-refractivity contribution < 1.29 is 28.9 Å². The molecule has 3 aromatic rings. The minimum Gasteiger partial charge on any atom is -0.503 e. The number of ether oxygens (including phenoxy) is 3. The van der Waals surface area contributed by atoms with Crippen LogP contribution in [0.1, 0.15) is 29.1 Å². The van der Waals surface area contributed by atoms with Crippen LogP contribution in [0.3, 0.4) is 0 Å². The Labute approximate surface area is 185 Å². The Bertz CT molecular complexity index is 1040. The summed E-state index contributed by atoms with van der Waals surface area (Å²) in [6.45, 7) is 1.42. The monoisotopic (exact) mass is 436 g/mol. The molecule has 8 nitrogen and oxygen atoms in total. The van der Waals surface area contributed by atoms with Crippen LogP contribution in [0.5, 0.6) is 17.2 Å². The highest BCUT2D eigenvalue weighted by atomic mass is 16.6. The third kappa shape index (κ3) is 5.75. The van der Waals surface area contributed by atoms with Gasteiger partial charge in [0.1, 0.15) is 18.4 Å². The van der Waals surface area contributed by atoms with Gasteiger partial charge in [0, 0.05) is 12.3 Å². The second-order valence-corrected chi connectivity index (χ2v) is 6.87. The molecule has 3 rings (SSSR count). The number of hydrogen-bond acceptors (Lipinski definition) is 7. The van der Waals surface area contributed by atoms with Crippen molar-refractivity contribution in [2.45, 2.75) is 19.1 Å². The van der Waals surface area contributed by atoms with E-state index in [1.165, 1.54) is 26.3 Å². The van der Waals surface area contributed by atoms with Gasteiger partial charge in [0.05, 0.1) is 7.11 Å². The highest BCUT2D eigenvalue weighted by Crippen LogP contribution is 2.27. The largest absolute Gasteiger partial charge is 0.503 e. The molecule has 1 amide bonds. The molecule has 1 heterocycles. The van der Waals surface area contributed by atoms with E-state index in [1.807, 2.05) is 60.7 Å². The zero-order chi connectivity index (χ0) is 22.9. The highest BCUT2D eigenvalue weighted by molar-refractivity contribution is 5.97. The van der Waals surface area contributed by atoms with E-state index in [9.17, 15) is 14.7 Å². The molecule has 0 aliphatic carbocycles. The van der Waals surface area contributed by atoms with Gasteiger partial charge in [-0.1, -0.05) is 48.5 Å². The van der Waals surface area contributed by atoms with E-state index >= 15 is 0 Å². The summed E-state index contributed by atoms with van der Waals surface area (Å²) in [7, 11) is 1.36. The summed E-state index contributed by atoms with van der Waals surface area (Å²) in [5.74, 6) is -1.06. The van der Waals surface area contributed by atoms with E-state index in [0.29, 0.717) is 5.75 Å². The van der Waals surface area contributed by atoms with Crippen LogP contribution >= 0.6 is 0 Å². The fourth-order valence-corrected chi connectivity index (χ4v) is 2.90. The molecule has 166 valence electrons. The molecule has 0 aliphatic heterocycles. The second kappa shape index (κ2) is 10.8. The Hall–Kier alpha value is -4.07. The van der Waals surface area contributed by atoms with Gasteiger partial charge < -0.3 is 24.6 Å². The Morgan fingerprint density at radius 2 is 1.69 bits per heavy atom. The lowest BCUT2D eigenvalue weighted by Crippen LogP contribution is -2.40. The molecule has 0 saturated carbocycles. The van der Waals surface area contributed by atoms with Crippen LogP contribution in [0.2, 0.25) is 0 Å². The van der Waals surface area contributed by atoms with Gasteiger partial charge in [0.2, 0.25) is 0 Å². The normalized spacial score (nSPS) is 12.3. The van der Waals surface area contributed by atoms with Crippen LogP contribution in [-0.4, -0.2) is 41.7 Å². The molecule has 8 heteroatoms. The lowest BCUT2D eigenvalue weighted by atomic mass is 10.1. The number of benzene rings is 2. The number of amides is 1. The van der Waals surface area contributed by atoms with Crippen molar-refractivity contribution in [3.8, 4) is 17.2 Å². The summed E-state index contributed by atoms with van der Waals surface area (Å²) in [4.78, 5) is 28.8. The predicted molar refractivity (Wildman–Crippen MR) is 117 cm³/mol. The highest BCUT2D eigenvalue weighted by Gasteiger charge is 2.24. The van der Waals surface area contributed by atoms with E-state index in [1.54, 1.807) is 0 Å². The molecule has 2 aromatic carbocycles. The summed E-state index contributed by atoms with van der Waals surface area (Å²) in [6, 6.07) is 19.0. The quantitative estimate of drug-likeness (QED) is 0.496. The molecular weight excluding hydrogens is 412 g/mol. The van der Waals surface area contributed by atoms with Crippen LogP contribution in [-0.2, 0) is 9.53 Å². The van der Waals surface area contributed by atoms with E-state index in [4.69, 9.17) is 14.2 Å². The van der Waals surface area contributed by atoms with Crippen molar-refractivity contribution in [1.29, 1.82) is 0 Å².